The van der Waals surface area contributed by atoms with Crippen molar-refractivity contribution < 1.29 is 24.2 Å². The summed E-state index contributed by atoms with van der Waals surface area (Å²) >= 11 is 0. The van der Waals surface area contributed by atoms with Crippen LogP contribution in [0.4, 0.5) is 0 Å². The van der Waals surface area contributed by atoms with E-state index in [1.54, 1.807) is 10.8 Å². The van der Waals surface area contributed by atoms with E-state index in [1.165, 1.54) is 40.3 Å². The second kappa shape index (κ2) is 15.2. The summed E-state index contributed by atoms with van der Waals surface area (Å²) in [6.45, 7) is 4.98. The molecule has 2 saturated carbocycles. The van der Waals surface area contributed by atoms with Crippen LogP contribution in [0.2, 0.25) is 0 Å². The molecule has 7 atom stereocenters. The number of nitrogens with one attached hydrogen (secondary N) is 1. The number of carboxylic acid groups (broad SMARTS) is 1. The number of esters is 1. The highest BCUT2D eigenvalue weighted by Gasteiger charge is 2.57. The number of ether oxygens (including phenoxy) is 1. The van der Waals surface area contributed by atoms with Crippen LogP contribution in [0, 0.1) is 28.6 Å². The molecule has 1 heterocycles. The van der Waals surface area contributed by atoms with Crippen molar-refractivity contribution in [3.63, 3.8) is 0 Å². The van der Waals surface area contributed by atoms with Gasteiger partial charge in [0, 0.05) is 43.2 Å². The molecule has 2 aromatic rings. The standard InChI is InChI=1S/C39H48N2O5S2/c1-38-18-14-29(46-36(43)17-22-48-47-21-16-35(42)41-34(37(44)45)23-26-7-4-3-5-8-26)24-28(38)10-11-30-32-13-12-31(27-9-6-20-40-25-27)39(32,2)19-15-33(30)38/h3-10,12,20,25,29-30,32-34H,11,13-19,21-24H2,1-2H3,(H,41,42)(H,44,45)/t29-,30-,32-,33-,34-,38-,39+/m0/s1. The number of hydrogen-bond acceptors (Lipinski definition) is 7. The van der Waals surface area contributed by atoms with Crippen molar-refractivity contribution in [3.05, 3.63) is 83.7 Å². The van der Waals surface area contributed by atoms with Gasteiger partial charge in [-0.1, -0.05) is 89.6 Å². The van der Waals surface area contributed by atoms with Crippen LogP contribution in [0.15, 0.2) is 72.6 Å². The van der Waals surface area contributed by atoms with Gasteiger partial charge in [-0.3, -0.25) is 14.6 Å². The Labute approximate surface area is 292 Å². The van der Waals surface area contributed by atoms with E-state index in [-0.39, 0.29) is 41.7 Å². The number of allylic oxidation sites excluding steroid dienone is 3. The van der Waals surface area contributed by atoms with Gasteiger partial charge in [-0.05, 0) is 89.9 Å². The number of nitrogens with zero attached hydrogens (tertiary/aromatic N) is 1. The summed E-state index contributed by atoms with van der Waals surface area (Å²) in [4.78, 5) is 41.2. The van der Waals surface area contributed by atoms with Gasteiger partial charge in [-0.2, -0.15) is 0 Å². The predicted octanol–water partition coefficient (Wildman–Crippen LogP) is 7.92. The molecule has 1 amide bonds. The average Bonchev–Trinajstić information content (AvgIpc) is 3.44. The molecule has 0 radical (unpaired) electrons. The highest BCUT2D eigenvalue weighted by Crippen LogP contribution is 2.66. The highest BCUT2D eigenvalue weighted by molar-refractivity contribution is 8.76. The predicted molar refractivity (Wildman–Crippen MR) is 193 cm³/mol. The minimum atomic E-state index is -1.04. The molecule has 0 unspecified atom stereocenters. The number of carbonyl (C=O) groups excluding carboxylic acids is 2. The third-order valence-electron chi connectivity index (χ3n) is 11.7. The summed E-state index contributed by atoms with van der Waals surface area (Å²) < 4.78 is 5.99. The van der Waals surface area contributed by atoms with Crippen molar-refractivity contribution in [2.24, 2.45) is 28.6 Å². The topological polar surface area (TPSA) is 106 Å². The first kappa shape index (κ1) is 34.8. The first-order chi connectivity index (χ1) is 23.2. The zero-order valence-corrected chi connectivity index (χ0v) is 29.7. The third kappa shape index (κ3) is 7.57. The Bertz CT molecular complexity index is 1530. The first-order valence-electron chi connectivity index (χ1n) is 17.5. The normalized spacial score (nSPS) is 29.7. The van der Waals surface area contributed by atoms with Gasteiger partial charge in [0.05, 0.1) is 6.42 Å². The van der Waals surface area contributed by atoms with Crippen LogP contribution >= 0.6 is 21.6 Å². The monoisotopic (exact) mass is 688 g/mol. The van der Waals surface area contributed by atoms with Crippen molar-refractivity contribution in [1.82, 2.24) is 10.3 Å². The Kier molecular flexibility index (Phi) is 11.1. The number of aliphatic carboxylic acids is 1. The Morgan fingerprint density at radius 1 is 0.958 bits per heavy atom. The summed E-state index contributed by atoms with van der Waals surface area (Å²) in [7, 11) is 3.07. The fourth-order valence-electron chi connectivity index (χ4n) is 9.20. The number of benzene rings is 1. The van der Waals surface area contributed by atoms with Crippen LogP contribution in [0.25, 0.3) is 5.57 Å². The van der Waals surface area contributed by atoms with E-state index in [4.69, 9.17) is 4.74 Å². The van der Waals surface area contributed by atoms with E-state index in [0.29, 0.717) is 35.7 Å². The molecular formula is C39H48N2O5S2. The van der Waals surface area contributed by atoms with Gasteiger partial charge < -0.3 is 15.2 Å². The zero-order chi connectivity index (χ0) is 33.7. The fourth-order valence-corrected chi connectivity index (χ4v) is 11.2. The number of pyridine rings is 1. The lowest BCUT2D eigenvalue weighted by Crippen LogP contribution is -2.50. The SMILES string of the molecule is C[C@]12CC[C@H](OC(=O)CCSSCCC(=O)N[C@@H](Cc3ccccc3)C(=O)O)CC1=CC[C@@H]1[C@@H]2CC[C@]2(C)C(c3cccnc3)=CC[C@@H]12. The number of amides is 1. The van der Waals surface area contributed by atoms with Crippen LogP contribution in [0.1, 0.15) is 82.8 Å². The van der Waals surface area contributed by atoms with Crippen molar-refractivity contribution >= 4 is 45.0 Å². The van der Waals surface area contributed by atoms with Crippen molar-refractivity contribution in [1.29, 1.82) is 0 Å². The van der Waals surface area contributed by atoms with E-state index in [0.717, 1.165) is 37.7 Å². The average molecular weight is 689 g/mol. The van der Waals surface area contributed by atoms with Gasteiger partial charge in [-0.15, -0.1) is 0 Å². The van der Waals surface area contributed by atoms with Crippen molar-refractivity contribution in [3.8, 4) is 0 Å². The zero-order valence-electron chi connectivity index (χ0n) is 28.1. The highest BCUT2D eigenvalue weighted by atomic mass is 33.1. The molecule has 7 nitrogen and oxygen atoms in total. The van der Waals surface area contributed by atoms with E-state index in [9.17, 15) is 19.5 Å². The molecule has 1 aromatic heterocycles. The van der Waals surface area contributed by atoms with Crippen LogP contribution in [0.3, 0.4) is 0 Å². The van der Waals surface area contributed by atoms with Crippen LogP contribution in [-0.4, -0.2) is 51.6 Å². The lowest BCUT2D eigenvalue weighted by Gasteiger charge is -2.57. The van der Waals surface area contributed by atoms with Crippen molar-refractivity contribution in [2.45, 2.75) is 90.2 Å². The number of rotatable bonds is 13. The largest absolute Gasteiger partial charge is 0.480 e. The molecule has 48 heavy (non-hydrogen) atoms. The van der Waals surface area contributed by atoms with Crippen LogP contribution in [-0.2, 0) is 25.5 Å². The molecule has 9 heteroatoms. The summed E-state index contributed by atoms with van der Waals surface area (Å²) in [6.07, 6.45) is 17.3. The van der Waals surface area contributed by atoms with E-state index >= 15 is 0 Å². The Morgan fingerprint density at radius 3 is 2.48 bits per heavy atom. The van der Waals surface area contributed by atoms with E-state index in [1.807, 2.05) is 42.7 Å². The molecule has 4 aliphatic rings. The van der Waals surface area contributed by atoms with Gasteiger partial charge >= 0.3 is 11.9 Å². The Balaban J connectivity index is 0.911. The summed E-state index contributed by atoms with van der Waals surface area (Å²) in [6, 6.07) is 12.6. The molecule has 0 saturated heterocycles. The number of carboxylic acids is 1. The minimum Gasteiger partial charge on any atom is -0.480 e. The Hall–Kier alpha value is -3.04. The number of hydrogen-bond donors (Lipinski definition) is 2. The quantitative estimate of drug-likeness (QED) is 0.0947. The van der Waals surface area contributed by atoms with Gasteiger partial charge in [0.25, 0.3) is 0 Å². The molecule has 2 fully saturated rings. The maximum atomic E-state index is 12.8. The van der Waals surface area contributed by atoms with Gasteiger partial charge in [0.15, 0.2) is 0 Å². The maximum Gasteiger partial charge on any atom is 0.326 e. The third-order valence-corrected chi connectivity index (χ3v) is 14.1. The maximum absolute atomic E-state index is 12.8. The molecule has 6 rings (SSSR count). The van der Waals surface area contributed by atoms with Gasteiger partial charge in [-0.25, -0.2) is 4.79 Å². The summed E-state index contributed by atoms with van der Waals surface area (Å²) in [5, 5.41) is 12.1. The minimum absolute atomic E-state index is 0.0491. The molecule has 0 spiro atoms. The first-order valence-corrected chi connectivity index (χ1v) is 20.0. The summed E-state index contributed by atoms with van der Waals surface area (Å²) in [5.41, 5.74) is 5.56. The molecule has 1 aromatic carbocycles. The second-order valence-electron chi connectivity index (χ2n) is 14.5. The van der Waals surface area contributed by atoms with E-state index in [2.05, 4.69) is 48.4 Å². The lowest BCUT2D eigenvalue weighted by atomic mass is 9.47. The molecular weight excluding hydrogens is 641 g/mol. The van der Waals surface area contributed by atoms with Crippen LogP contribution in [0.5, 0.6) is 0 Å². The molecule has 0 aliphatic heterocycles. The lowest BCUT2D eigenvalue weighted by molar-refractivity contribution is -0.150. The van der Waals surface area contributed by atoms with Crippen molar-refractivity contribution in [2.75, 3.05) is 11.5 Å². The fraction of sp³-hybridized carbons (Fsp3) is 0.538. The summed E-state index contributed by atoms with van der Waals surface area (Å²) in [5.74, 6) is 1.72. The molecule has 2 N–H and O–H groups in total. The molecule has 4 aliphatic carbocycles. The number of carbonyl (C=O) groups is 3. The van der Waals surface area contributed by atoms with E-state index < -0.39 is 12.0 Å². The number of aromatic nitrogens is 1. The van der Waals surface area contributed by atoms with Gasteiger partial charge in [0.2, 0.25) is 5.91 Å². The molecule has 256 valence electrons. The smallest absolute Gasteiger partial charge is 0.326 e. The van der Waals surface area contributed by atoms with Gasteiger partial charge in [0.1, 0.15) is 12.1 Å². The molecule has 0 bridgehead atoms. The number of fused-ring (bicyclic) bond motifs is 5. The van der Waals surface area contributed by atoms with Crippen LogP contribution < -0.4 is 5.32 Å². The second-order valence-corrected chi connectivity index (χ2v) is 17.2. The Morgan fingerprint density at radius 2 is 1.73 bits per heavy atom.